The van der Waals surface area contributed by atoms with Crippen LogP contribution in [0.25, 0.3) is 0 Å². The van der Waals surface area contributed by atoms with Crippen LogP contribution in [0, 0.1) is 0 Å². The summed E-state index contributed by atoms with van der Waals surface area (Å²) in [6.45, 7) is 0. The van der Waals surface area contributed by atoms with Crippen molar-refractivity contribution in [1.29, 1.82) is 0 Å². The summed E-state index contributed by atoms with van der Waals surface area (Å²) in [6, 6.07) is 41.0. The molecule has 0 aliphatic rings. The Kier molecular flexibility index (Phi) is 8.75. The molecule has 0 aliphatic carbocycles. The Morgan fingerprint density at radius 2 is 0.828 bits per heavy atom. The van der Waals surface area contributed by atoms with E-state index in [2.05, 4.69) is 103 Å². The van der Waals surface area contributed by atoms with Crippen LogP contribution in [0.3, 0.4) is 0 Å². The minimum absolute atomic E-state index is 0. The molecule has 0 saturated carbocycles. The zero-order valence-electron chi connectivity index (χ0n) is 15.8. The van der Waals surface area contributed by atoms with Gasteiger partial charge in [0, 0.05) is 10.6 Å². The Morgan fingerprint density at radius 1 is 0.483 bits per heavy atom. The summed E-state index contributed by atoms with van der Waals surface area (Å²) >= 11 is 6.61. The van der Waals surface area contributed by atoms with Gasteiger partial charge in [-0.05, 0) is 42.5 Å². The fraction of sp³-hybridized carbons (Fsp3) is 0.0400. The van der Waals surface area contributed by atoms with Crippen molar-refractivity contribution < 1.29 is 0 Å². The molecule has 0 heterocycles. The minimum atomic E-state index is -1.89. The van der Waals surface area contributed by atoms with Crippen LogP contribution < -0.4 is 15.9 Å². The summed E-state index contributed by atoms with van der Waals surface area (Å²) in [6.07, 6.45) is 0.907. The maximum Gasteiger partial charge on any atom is 0.116 e. The van der Waals surface area contributed by atoms with Gasteiger partial charge in [-0.1, -0.05) is 84.4 Å². The maximum atomic E-state index is 6.61. The second kappa shape index (κ2) is 10.8. The number of hydrogen-bond acceptors (Lipinski definition) is 0. The van der Waals surface area contributed by atoms with Gasteiger partial charge >= 0.3 is 0 Å². The molecule has 0 unspecified atom stereocenters. The summed E-state index contributed by atoms with van der Waals surface area (Å²) in [4.78, 5) is 0. The minimum Gasteiger partial charge on any atom is -0.147 e. The first-order valence-electron chi connectivity index (χ1n) is 9.09. The summed E-state index contributed by atoms with van der Waals surface area (Å²) in [5.74, 6) is 0. The summed E-state index contributed by atoms with van der Waals surface area (Å²) in [5.41, 5.74) is 1.20. The summed E-state index contributed by atoms with van der Waals surface area (Å²) < 4.78 is 0. The van der Waals surface area contributed by atoms with E-state index < -0.39 is 7.26 Å². The highest BCUT2D eigenvalue weighted by Crippen LogP contribution is 2.58. The van der Waals surface area contributed by atoms with Crippen LogP contribution in [0.1, 0.15) is 5.56 Å². The fourth-order valence-corrected chi connectivity index (χ4v) is 8.22. The van der Waals surface area contributed by atoms with Crippen molar-refractivity contribution >= 4 is 59.6 Å². The molecule has 29 heavy (non-hydrogen) atoms. The van der Waals surface area contributed by atoms with E-state index in [0.29, 0.717) is 0 Å². The number of benzene rings is 4. The highest BCUT2D eigenvalue weighted by atomic mass is 35.5. The van der Waals surface area contributed by atoms with E-state index in [9.17, 15) is 0 Å². The van der Waals surface area contributed by atoms with E-state index in [1.807, 2.05) is 12.1 Å². The van der Waals surface area contributed by atoms with Gasteiger partial charge in [0.15, 0.2) is 0 Å². The lowest BCUT2D eigenvalue weighted by Gasteiger charge is -2.28. The van der Waals surface area contributed by atoms with Gasteiger partial charge in [0.05, 0.1) is 6.16 Å². The average Bonchev–Trinajstić information content (AvgIpc) is 2.75. The van der Waals surface area contributed by atoms with Gasteiger partial charge in [-0.15, -0.1) is 24.8 Å². The van der Waals surface area contributed by atoms with Crippen molar-refractivity contribution in [3.8, 4) is 0 Å². The molecule has 0 spiro atoms. The smallest absolute Gasteiger partial charge is 0.116 e. The molecule has 4 aromatic carbocycles. The van der Waals surface area contributed by atoms with E-state index in [0.717, 1.165) is 11.2 Å². The van der Waals surface area contributed by atoms with Crippen LogP contribution in [0.2, 0.25) is 5.02 Å². The second-order valence-electron chi connectivity index (χ2n) is 6.57. The lowest BCUT2D eigenvalue weighted by molar-refractivity contribution is 1.39. The standard InChI is InChI=1S/C25H21ClP.2ClH/c26-25-19-11-10-12-21(25)20-27(22-13-4-1-5-14-22,23-15-6-2-7-16-23)24-17-8-3-9-18-24;;/h1-19H,20H2;2*1H/q+1;;. The van der Waals surface area contributed by atoms with Crippen molar-refractivity contribution in [3.05, 3.63) is 126 Å². The summed E-state index contributed by atoms with van der Waals surface area (Å²) in [7, 11) is -1.89. The molecule has 0 fully saturated rings. The van der Waals surface area contributed by atoms with Crippen LogP contribution in [0.15, 0.2) is 115 Å². The Balaban J connectivity index is 0.00000150. The van der Waals surface area contributed by atoms with Crippen LogP contribution in [0.5, 0.6) is 0 Å². The SMILES string of the molecule is Cl.Cl.Clc1ccccc1C[P+](c1ccccc1)(c1ccccc1)c1ccccc1. The number of hydrogen-bond donors (Lipinski definition) is 0. The van der Waals surface area contributed by atoms with Crippen LogP contribution >= 0.6 is 43.7 Å². The van der Waals surface area contributed by atoms with Crippen LogP contribution in [-0.2, 0) is 6.16 Å². The van der Waals surface area contributed by atoms with E-state index in [-0.39, 0.29) is 24.8 Å². The van der Waals surface area contributed by atoms with Crippen LogP contribution in [-0.4, -0.2) is 0 Å². The van der Waals surface area contributed by atoms with E-state index in [4.69, 9.17) is 11.6 Å². The van der Waals surface area contributed by atoms with Gasteiger partial charge in [0.25, 0.3) is 0 Å². The predicted molar refractivity (Wildman–Crippen MR) is 135 cm³/mol. The Labute approximate surface area is 191 Å². The molecule has 4 heteroatoms. The fourth-order valence-electron chi connectivity index (χ4n) is 3.65. The number of halogens is 3. The molecule has 0 nitrogen and oxygen atoms in total. The lowest BCUT2D eigenvalue weighted by Crippen LogP contribution is -2.32. The molecule has 0 amide bonds. The third-order valence-corrected chi connectivity index (χ3v) is 9.68. The molecule has 0 aliphatic heterocycles. The van der Waals surface area contributed by atoms with Gasteiger partial charge in [-0.3, -0.25) is 0 Å². The highest BCUT2D eigenvalue weighted by Gasteiger charge is 2.45. The predicted octanol–water partition coefficient (Wildman–Crippen LogP) is 6.68. The van der Waals surface area contributed by atoms with Crippen molar-refractivity contribution in [1.82, 2.24) is 0 Å². The molecule has 0 atom stereocenters. The molecule has 0 radical (unpaired) electrons. The van der Waals surface area contributed by atoms with Gasteiger partial charge in [-0.2, -0.15) is 0 Å². The largest absolute Gasteiger partial charge is 0.147 e. The maximum absolute atomic E-state index is 6.61. The van der Waals surface area contributed by atoms with Gasteiger partial charge in [-0.25, -0.2) is 0 Å². The topological polar surface area (TPSA) is 0 Å². The Hall–Kier alpha value is -1.82. The normalized spacial score (nSPS) is 10.5. The van der Waals surface area contributed by atoms with Crippen molar-refractivity contribution in [2.75, 3.05) is 0 Å². The molecule has 0 saturated heterocycles. The monoisotopic (exact) mass is 459 g/mol. The average molecular weight is 461 g/mol. The van der Waals surface area contributed by atoms with Crippen molar-refractivity contribution in [2.45, 2.75) is 6.16 Å². The molecular weight excluding hydrogens is 438 g/mol. The van der Waals surface area contributed by atoms with Gasteiger partial charge in [0.2, 0.25) is 0 Å². The molecular formula is C25H23Cl3P+. The first-order chi connectivity index (χ1) is 13.3. The quantitative estimate of drug-likeness (QED) is 0.291. The van der Waals surface area contributed by atoms with Crippen molar-refractivity contribution in [3.63, 3.8) is 0 Å². The first kappa shape index (κ1) is 23.5. The molecule has 148 valence electrons. The van der Waals surface area contributed by atoms with E-state index in [1.165, 1.54) is 21.5 Å². The molecule has 0 bridgehead atoms. The Bertz CT molecular complexity index is 909. The third kappa shape index (κ3) is 4.85. The second-order valence-corrected chi connectivity index (χ2v) is 10.5. The Morgan fingerprint density at radius 3 is 1.21 bits per heavy atom. The molecule has 4 rings (SSSR count). The van der Waals surface area contributed by atoms with Gasteiger partial charge in [0.1, 0.15) is 23.2 Å². The van der Waals surface area contributed by atoms with E-state index >= 15 is 0 Å². The molecule has 4 aromatic rings. The van der Waals surface area contributed by atoms with E-state index in [1.54, 1.807) is 0 Å². The molecule has 0 N–H and O–H groups in total. The highest BCUT2D eigenvalue weighted by molar-refractivity contribution is 7.95. The summed E-state index contributed by atoms with van der Waals surface area (Å²) in [5, 5.41) is 4.97. The third-order valence-electron chi connectivity index (χ3n) is 4.96. The van der Waals surface area contributed by atoms with Crippen molar-refractivity contribution in [2.24, 2.45) is 0 Å². The first-order valence-corrected chi connectivity index (χ1v) is 11.4. The van der Waals surface area contributed by atoms with Crippen LogP contribution in [0.4, 0.5) is 0 Å². The zero-order valence-corrected chi connectivity index (χ0v) is 19.1. The number of rotatable bonds is 5. The lowest BCUT2D eigenvalue weighted by atomic mass is 10.2. The zero-order chi connectivity index (χ0) is 18.5. The molecule has 0 aromatic heterocycles. The van der Waals surface area contributed by atoms with Gasteiger partial charge < -0.3 is 0 Å².